The van der Waals surface area contributed by atoms with Crippen LogP contribution in [0.15, 0.2) is 42.5 Å². The zero-order valence-corrected chi connectivity index (χ0v) is 12.4. The molecule has 0 aliphatic heterocycles. The van der Waals surface area contributed by atoms with Crippen molar-refractivity contribution in [2.24, 2.45) is 0 Å². The quantitative estimate of drug-likeness (QED) is 0.902. The van der Waals surface area contributed by atoms with Crippen molar-refractivity contribution in [3.05, 3.63) is 58.9 Å². The summed E-state index contributed by atoms with van der Waals surface area (Å²) in [5.41, 5.74) is 0.459. The number of nitrogens with one attached hydrogen (secondary N) is 1. The van der Waals surface area contributed by atoms with Gasteiger partial charge in [0.1, 0.15) is 11.6 Å². The van der Waals surface area contributed by atoms with Gasteiger partial charge in [0.15, 0.2) is 0 Å². The Morgan fingerprint density at radius 1 is 1.19 bits per heavy atom. The van der Waals surface area contributed by atoms with E-state index in [2.05, 4.69) is 5.32 Å². The summed E-state index contributed by atoms with van der Waals surface area (Å²) < 4.78 is 19.1. The molecular formula is C16H15ClFNO2. The molecule has 0 saturated heterocycles. The highest BCUT2D eigenvalue weighted by molar-refractivity contribution is 6.31. The fourth-order valence-electron chi connectivity index (χ4n) is 1.76. The summed E-state index contributed by atoms with van der Waals surface area (Å²) in [6.45, 7) is 3.86. The Hall–Kier alpha value is -2.07. The number of hydrogen-bond acceptors (Lipinski definition) is 2. The SMILES string of the molecule is CC(C)Oc1ccc(NC(=O)c2cc(Cl)ccc2F)cc1. The molecular weight excluding hydrogens is 293 g/mol. The lowest BCUT2D eigenvalue weighted by Gasteiger charge is -2.11. The van der Waals surface area contributed by atoms with E-state index in [1.807, 2.05) is 13.8 Å². The van der Waals surface area contributed by atoms with E-state index in [9.17, 15) is 9.18 Å². The summed E-state index contributed by atoms with van der Waals surface area (Å²) in [6, 6.07) is 10.7. The van der Waals surface area contributed by atoms with Crippen LogP contribution in [0.3, 0.4) is 0 Å². The number of hydrogen-bond donors (Lipinski definition) is 1. The molecule has 2 aromatic carbocycles. The van der Waals surface area contributed by atoms with Crippen LogP contribution in [-0.2, 0) is 0 Å². The van der Waals surface area contributed by atoms with E-state index >= 15 is 0 Å². The van der Waals surface area contributed by atoms with Crippen LogP contribution in [0.4, 0.5) is 10.1 Å². The molecule has 2 rings (SSSR count). The predicted molar refractivity (Wildman–Crippen MR) is 81.6 cm³/mol. The van der Waals surface area contributed by atoms with Crippen molar-refractivity contribution >= 4 is 23.2 Å². The Morgan fingerprint density at radius 3 is 2.48 bits per heavy atom. The number of amides is 1. The predicted octanol–water partition coefficient (Wildman–Crippen LogP) is 4.52. The number of carbonyl (C=O) groups excluding carboxylic acids is 1. The number of ether oxygens (including phenoxy) is 1. The van der Waals surface area contributed by atoms with E-state index in [1.165, 1.54) is 12.1 Å². The third-order valence-electron chi connectivity index (χ3n) is 2.66. The zero-order chi connectivity index (χ0) is 15.4. The zero-order valence-electron chi connectivity index (χ0n) is 11.7. The van der Waals surface area contributed by atoms with Crippen molar-refractivity contribution in [1.29, 1.82) is 0 Å². The summed E-state index contributed by atoms with van der Waals surface area (Å²) in [6.07, 6.45) is 0.0750. The molecule has 0 heterocycles. The number of carbonyl (C=O) groups is 1. The molecule has 21 heavy (non-hydrogen) atoms. The van der Waals surface area contributed by atoms with Crippen LogP contribution in [0.1, 0.15) is 24.2 Å². The Kier molecular flexibility index (Phi) is 4.81. The molecule has 0 saturated carbocycles. The second-order valence-electron chi connectivity index (χ2n) is 4.77. The van der Waals surface area contributed by atoms with E-state index < -0.39 is 11.7 Å². The minimum atomic E-state index is -0.614. The average molecular weight is 308 g/mol. The summed E-state index contributed by atoms with van der Waals surface area (Å²) in [5, 5.41) is 2.92. The second-order valence-corrected chi connectivity index (χ2v) is 5.21. The number of anilines is 1. The molecule has 2 aromatic rings. The third-order valence-corrected chi connectivity index (χ3v) is 2.89. The largest absolute Gasteiger partial charge is 0.491 e. The van der Waals surface area contributed by atoms with Gasteiger partial charge in [-0.3, -0.25) is 4.79 Å². The second kappa shape index (κ2) is 6.59. The van der Waals surface area contributed by atoms with Gasteiger partial charge in [-0.25, -0.2) is 4.39 Å². The van der Waals surface area contributed by atoms with E-state index in [0.29, 0.717) is 16.5 Å². The van der Waals surface area contributed by atoms with Crippen molar-refractivity contribution in [3.63, 3.8) is 0 Å². The van der Waals surface area contributed by atoms with Gasteiger partial charge in [-0.1, -0.05) is 11.6 Å². The van der Waals surface area contributed by atoms with Gasteiger partial charge in [0.25, 0.3) is 5.91 Å². The maximum atomic E-state index is 13.6. The Bertz CT molecular complexity index is 641. The van der Waals surface area contributed by atoms with E-state index in [-0.39, 0.29) is 11.7 Å². The Morgan fingerprint density at radius 2 is 1.86 bits per heavy atom. The van der Waals surface area contributed by atoms with Crippen molar-refractivity contribution in [3.8, 4) is 5.75 Å². The molecule has 0 aromatic heterocycles. The van der Waals surface area contributed by atoms with Crippen LogP contribution < -0.4 is 10.1 Å². The van der Waals surface area contributed by atoms with Gasteiger partial charge < -0.3 is 10.1 Å². The average Bonchev–Trinajstić information content (AvgIpc) is 2.43. The molecule has 0 unspecified atom stereocenters. The van der Waals surface area contributed by atoms with E-state index in [1.54, 1.807) is 24.3 Å². The highest BCUT2D eigenvalue weighted by Gasteiger charge is 2.12. The third kappa shape index (κ3) is 4.20. The summed E-state index contributed by atoms with van der Waals surface area (Å²) >= 11 is 5.77. The highest BCUT2D eigenvalue weighted by atomic mass is 35.5. The van der Waals surface area contributed by atoms with Crippen molar-refractivity contribution < 1.29 is 13.9 Å². The topological polar surface area (TPSA) is 38.3 Å². The van der Waals surface area contributed by atoms with Gasteiger partial charge in [0.2, 0.25) is 0 Å². The van der Waals surface area contributed by atoms with Crippen molar-refractivity contribution in [2.45, 2.75) is 20.0 Å². The lowest BCUT2D eigenvalue weighted by Crippen LogP contribution is -2.13. The Labute approximate surface area is 127 Å². The molecule has 1 amide bonds. The molecule has 0 aliphatic rings. The molecule has 3 nitrogen and oxygen atoms in total. The lowest BCUT2D eigenvalue weighted by atomic mass is 10.2. The first-order valence-corrected chi connectivity index (χ1v) is 6.86. The highest BCUT2D eigenvalue weighted by Crippen LogP contribution is 2.19. The fourth-order valence-corrected chi connectivity index (χ4v) is 1.93. The normalized spacial score (nSPS) is 10.5. The minimum Gasteiger partial charge on any atom is -0.491 e. The molecule has 0 bridgehead atoms. The number of rotatable bonds is 4. The molecule has 1 N–H and O–H groups in total. The van der Waals surface area contributed by atoms with Gasteiger partial charge in [-0.15, -0.1) is 0 Å². The first kappa shape index (κ1) is 15.3. The molecule has 0 aliphatic carbocycles. The van der Waals surface area contributed by atoms with Crippen molar-refractivity contribution in [1.82, 2.24) is 0 Å². The van der Waals surface area contributed by atoms with Gasteiger partial charge >= 0.3 is 0 Å². The molecule has 5 heteroatoms. The van der Waals surface area contributed by atoms with E-state index in [4.69, 9.17) is 16.3 Å². The molecule has 0 fully saturated rings. The maximum Gasteiger partial charge on any atom is 0.258 e. The fraction of sp³-hybridized carbons (Fsp3) is 0.188. The maximum absolute atomic E-state index is 13.6. The van der Waals surface area contributed by atoms with Crippen LogP contribution in [-0.4, -0.2) is 12.0 Å². The van der Waals surface area contributed by atoms with Gasteiger partial charge in [-0.05, 0) is 56.3 Å². The standard InChI is InChI=1S/C16H15ClFNO2/c1-10(2)21-13-6-4-12(5-7-13)19-16(20)14-9-11(17)3-8-15(14)18/h3-10H,1-2H3,(H,19,20). The minimum absolute atomic E-state index is 0.0750. The van der Waals surface area contributed by atoms with E-state index in [0.717, 1.165) is 6.07 Å². The monoisotopic (exact) mass is 307 g/mol. The molecule has 0 spiro atoms. The van der Waals surface area contributed by atoms with Gasteiger partial charge in [0, 0.05) is 10.7 Å². The summed E-state index contributed by atoms with van der Waals surface area (Å²) in [5.74, 6) is -0.457. The van der Waals surface area contributed by atoms with Crippen LogP contribution in [0.2, 0.25) is 5.02 Å². The molecule has 0 radical (unpaired) electrons. The lowest BCUT2D eigenvalue weighted by molar-refractivity contribution is 0.102. The smallest absolute Gasteiger partial charge is 0.258 e. The van der Waals surface area contributed by atoms with Gasteiger partial charge in [-0.2, -0.15) is 0 Å². The molecule has 0 atom stereocenters. The summed E-state index contributed by atoms with van der Waals surface area (Å²) in [7, 11) is 0. The van der Waals surface area contributed by atoms with Crippen molar-refractivity contribution in [2.75, 3.05) is 5.32 Å². The van der Waals surface area contributed by atoms with Crippen LogP contribution >= 0.6 is 11.6 Å². The van der Waals surface area contributed by atoms with Crippen LogP contribution in [0, 0.1) is 5.82 Å². The Balaban J connectivity index is 2.10. The molecule has 110 valence electrons. The van der Waals surface area contributed by atoms with Gasteiger partial charge in [0.05, 0.1) is 11.7 Å². The summed E-state index contributed by atoms with van der Waals surface area (Å²) in [4.78, 5) is 12.0. The van der Waals surface area contributed by atoms with Crippen LogP contribution in [0.25, 0.3) is 0 Å². The number of halogens is 2. The first-order valence-electron chi connectivity index (χ1n) is 6.49. The van der Waals surface area contributed by atoms with Crippen LogP contribution in [0.5, 0.6) is 5.75 Å². The first-order chi connectivity index (χ1) is 9.95. The number of benzene rings is 2.